The van der Waals surface area contributed by atoms with Gasteiger partial charge >= 0.3 is 0 Å². The normalized spacial score (nSPS) is 18.6. The number of halogens is 2. The van der Waals surface area contributed by atoms with E-state index in [0.717, 1.165) is 31.8 Å². The molecule has 1 heterocycles. The van der Waals surface area contributed by atoms with Gasteiger partial charge in [0.2, 0.25) is 0 Å². The Morgan fingerprint density at radius 2 is 2.06 bits per heavy atom. The van der Waals surface area contributed by atoms with Crippen LogP contribution in [-0.4, -0.2) is 25.6 Å². The van der Waals surface area contributed by atoms with E-state index in [1.165, 1.54) is 12.1 Å². The van der Waals surface area contributed by atoms with Crippen LogP contribution in [0.2, 0.25) is 0 Å². The van der Waals surface area contributed by atoms with Crippen LogP contribution in [-0.2, 0) is 4.74 Å². The van der Waals surface area contributed by atoms with Crippen molar-refractivity contribution in [2.24, 2.45) is 5.41 Å². The molecule has 1 aliphatic rings. The van der Waals surface area contributed by atoms with Gasteiger partial charge in [-0.25, -0.2) is 4.39 Å². The maximum atomic E-state index is 13.2. The maximum Gasteiger partial charge on any atom is 0.128 e. The van der Waals surface area contributed by atoms with Crippen LogP contribution < -0.4 is 4.74 Å². The Morgan fingerprint density at radius 3 is 2.67 bits per heavy atom. The standard InChI is InChI=1S/C13H16BrFO2S/c14-10-5-11(15)7-12(6-10)17-8-13(9-18)1-3-16-4-2-13/h5-7,18H,1-4,8-9H2. The van der Waals surface area contributed by atoms with Gasteiger partial charge in [-0.15, -0.1) is 0 Å². The van der Waals surface area contributed by atoms with Gasteiger partial charge in [-0.2, -0.15) is 12.6 Å². The topological polar surface area (TPSA) is 18.5 Å². The van der Waals surface area contributed by atoms with Crippen molar-refractivity contribution in [2.45, 2.75) is 12.8 Å². The molecule has 18 heavy (non-hydrogen) atoms. The van der Waals surface area contributed by atoms with E-state index in [9.17, 15) is 4.39 Å². The first-order valence-corrected chi connectivity index (χ1v) is 7.34. The molecular formula is C13H16BrFO2S. The lowest BCUT2D eigenvalue weighted by molar-refractivity contribution is 0.00304. The summed E-state index contributed by atoms with van der Waals surface area (Å²) in [5, 5.41) is 0. The molecule has 1 aromatic rings. The lowest BCUT2D eigenvalue weighted by Gasteiger charge is -2.35. The summed E-state index contributed by atoms with van der Waals surface area (Å²) in [5.74, 6) is 1.01. The summed E-state index contributed by atoms with van der Waals surface area (Å²) in [7, 11) is 0. The number of hydrogen-bond acceptors (Lipinski definition) is 3. The highest BCUT2D eigenvalue weighted by Gasteiger charge is 2.32. The highest BCUT2D eigenvalue weighted by molar-refractivity contribution is 9.10. The Balaban J connectivity index is 2.00. The zero-order valence-electron chi connectivity index (χ0n) is 9.99. The fourth-order valence-corrected chi connectivity index (χ4v) is 2.85. The third-order valence-electron chi connectivity index (χ3n) is 3.27. The van der Waals surface area contributed by atoms with E-state index in [4.69, 9.17) is 9.47 Å². The average Bonchev–Trinajstić information content (AvgIpc) is 2.36. The van der Waals surface area contributed by atoms with Gasteiger partial charge in [0.15, 0.2) is 0 Å². The second kappa shape index (κ2) is 6.26. The molecule has 0 bridgehead atoms. The molecule has 0 aliphatic carbocycles. The minimum absolute atomic E-state index is 0.0418. The Morgan fingerprint density at radius 1 is 1.33 bits per heavy atom. The molecule has 5 heteroatoms. The van der Waals surface area contributed by atoms with E-state index in [0.29, 0.717) is 16.8 Å². The number of thiol groups is 1. The predicted octanol–water partition coefficient (Wildman–Crippen LogP) is 3.69. The molecule has 0 N–H and O–H groups in total. The molecule has 0 aromatic heterocycles. The van der Waals surface area contributed by atoms with Gasteiger partial charge < -0.3 is 9.47 Å². The van der Waals surface area contributed by atoms with Crippen molar-refractivity contribution in [3.05, 3.63) is 28.5 Å². The van der Waals surface area contributed by atoms with E-state index in [-0.39, 0.29) is 11.2 Å². The molecule has 1 fully saturated rings. The number of rotatable bonds is 4. The zero-order valence-corrected chi connectivity index (χ0v) is 12.5. The Kier molecular flexibility index (Phi) is 4.92. The largest absolute Gasteiger partial charge is 0.493 e. The van der Waals surface area contributed by atoms with Crippen molar-refractivity contribution < 1.29 is 13.9 Å². The van der Waals surface area contributed by atoms with E-state index < -0.39 is 0 Å². The van der Waals surface area contributed by atoms with Crippen LogP contribution in [0.3, 0.4) is 0 Å². The molecular weight excluding hydrogens is 319 g/mol. The minimum atomic E-state index is -0.300. The summed E-state index contributed by atoms with van der Waals surface area (Å²) in [4.78, 5) is 0. The molecule has 1 aromatic carbocycles. The van der Waals surface area contributed by atoms with Crippen LogP contribution in [0.1, 0.15) is 12.8 Å². The van der Waals surface area contributed by atoms with Crippen molar-refractivity contribution in [2.75, 3.05) is 25.6 Å². The van der Waals surface area contributed by atoms with Gasteiger partial charge in [-0.1, -0.05) is 15.9 Å². The first kappa shape index (κ1) is 14.2. The van der Waals surface area contributed by atoms with Crippen LogP contribution in [0.25, 0.3) is 0 Å². The monoisotopic (exact) mass is 334 g/mol. The van der Waals surface area contributed by atoms with Crippen LogP contribution in [0.5, 0.6) is 5.75 Å². The first-order valence-electron chi connectivity index (χ1n) is 5.91. The molecule has 100 valence electrons. The van der Waals surface area contributed by atoms with Crippen molar-refractivity contribution in [3.63, 3.8) is 0 Å². The molecule has 2 rings (SSSR count). The summed E-state index contributed by atoms with van der Waals surface area (Å²) in [6, 6.07) is 4.58. The third kappa shape index (κ3) is 3.62. The van der Waals surface area contributed by atoms with Gasteiger partial charge in [0.25, 0.3) is 0 Å². The van der Waals surface area contributed by atoms with Gasteiger partial charge in [-0.3, -0.25) is 0 Å². The van der Waals surface area contributed by atoms with Crippen LogP contribution in [0.15, 0.2) is 22.7 Å². The van der Waals surface area contributed by atoms with E-state index in [1.807, 2.05) is 0 Å². The van der Waals surface area contributed by atoms with Crippen molar-refractivity contribution >= 4 is 28.6 Å². The van der Waals surface area contributed by atoms with Gasteiger partial charge in [-0.05, 0) is 30.7 Å². The lowest BCUT2D eigenvalue weighted by atomic mass is 9.83. The van der Waals surface area contributed by atoms with Gasteiger partial charge in [0, 0.05) is 29.2 Å². The molecule has 0 atom stereocenters. The average molecular weight is 335 g/mol. The van der Waals surface area contributed by atoms with E-state index in [1.54, 1.807) is 6.07 Å². The van der Waals surface area contributed by atoms with E-state index in [2.05, 4.69) is 28.6 Å². The number of benzene rings is 1. The summed E-state index contributed by atoms with van der Waals surface area (Å²) >= 11 is 7.67. The molecule has 0 radical (unpaired) electrons. The van der Waals surface area contributed by atoms with Crippen molar-refractivity contribution in [3.8, 4) is 5.75 Å². The Hall–Kier alpha value is -0.260. The van der Waals surface area contributed by atoms with Crippen molar-refractivity contribution in [1.29, 1.82) is 0 Å². The number of hydrogen-bond donors (Lipinski definition) is 1. The second-order valence-electron chi connectivity index (χ2n) is 4.66. The highest BCUT2D eigenvalue weighted by atomic mass is 79.9. The fraction of sp³-hybridized carbons (Fsp3) is 0.538. The molecule has 0 unspecified atom stereocenters. The quantitative estimate of drug-likeness (QED) is 0.846. The molecule has 1 aliphatic heterocycles. The fourth-order valence-electron chi connectivity index (χ4n) is 2.00. The predicted molar refractivity (Wildman–Crippen MR) is 75.9 cm³/mol. The van der Waals surface area contributed by atoms with Crippen molar-refractivity contribution in [1.82, 2.24) is 0 Å². The Labute approximate surface area is 120 Å². The Bertz CT molecular complexity index is 388. The second-order valence-corrected chi connectivity index (χ2v) is 5.90. The number of ether oxygens (including phenoxy) is 2. The molecule has 1 saturated heterocycles. The molecule has 2 nitrogen and oxygen atoms in total. The SMILES string of the molecule is Fc1cc(Br)cc(OCC2(CS)CCOCC2)c1. The highest BCUT2D eigenvalue weighted by Crippen LogP contribution is 2.33. The summed E-state index contributed by atoms with van der Waals surface area (Å²) in [6.07, 6.45) is 1.87. The van der Waals surface area contributed by atoms with E-state index >= 15 is 0 Å². The minimum Gasteiger partial charge on any atom is -0.493 e. The smallest absolute Gasteiger partial charge is 0.128 e. The first-order chi connectivity index (χ1) is 8.63. The lowest BCUT2D eigenvalue weighted by Crippen LogP contribution is -2.36. The van der Waals surface area contributed by atoms with Crippen LogP contribution in [0.4, 0.5) is 4.39 Å². The zero-order chi connectivity index (χ0) is 13.0. The third-order valence-corrected chi connectivity index (χ3v) is 4.40. The van der Waals surface area contributed by atoms with Gasteiger partial charge in [0.1, 0.15) is 11.6 Å². The van der Waals surface area contributed by atoms with Gasteiger partial charge in [0.05, 0.1) is 6.61 Å². The summed E-state index contributed by atoms with van der Waals surface area (Å²) < 4.78 is 25.0. The molecule has 0 saturated carbocycles. The summed E-state index contributed by atoms with van der Waals surface area (Å²) in [6.45, 7) is 2.04. The molecule has 0 spiro atoms. The summed E-state index contributed by atoms with van der Waals surface area (Å²) in [5.41, 5.74) is 0.0418. The van der Waals surface area contributed by atoms with Crippen LogP contribution in [0, 0.1) is 11.2 Å². The van der Waals surface area contributed by atoms with Crippen LogP contribution >= 0.6 is 28.6 Å². The molecule has 0 amide bonds. The maximum absolute atomic E-state index is 13.2.